The first kappa shape index (κ1) is 9.73. The fraction of sp³-hybridized carbons (Fsp3) is 0.0909. The minimum Gasteiger partial charge on any atom is -0.392 e. The number of rotatable bonds is 2. The van der Waals surface area contributed by atoms with Crippen LogP contribution >= 0.6 is 0 Å². The van der Waals surface area contributed by atoms with Crippen LogP contribution in [0.5, 0.6) is 0 Å². The number of aromatic nitrogens is 2. The molecule has 0 spiro atoms. The second kappa shape index (κ2) is 4.14. The summed E-state index contributed by atoms with van der Waals surface area (Å²) in [5, 5.41) is 8.91. The fourth-order valence-electron chi connectivity index (χ4n) is 1.31. The molecule has 0 fully saturated rings. The van der Waals surface area contributed by atoms with E-state index in [2.05, 4.69) is 9.97 Å². The molecule has 0 amide bonds. The van der Waals surface area contributed by atoms with Gasteiger partial charge in [-0.15, -0.1) is 0 Å². The van der Waals surface area contributed by atoms with E-state index in [4.69, 9.17) is 5.11 Å². The SMILES string of the molecule is OCc1ccnc(-c2cccnc2)c1F. The lowest BCUT2D eigenvalue weighted by atomic mass is 10.1. The molecule has 15 heavy (non-hydrogen) atoms. The van der Waals surface area contributed by atoms with Crippen LogP contribution in [0.2, 0.25) is 0 Å². The zero-order valence-corrected chi connectivity index (χ0v) is 7.89. The third-order valence-electron chi connectivity index (χ3n) is 2.07. The molecule has 2 rings (SSSR count). The van der Waals surface area contributed by atoms with Crippen LogP contribution in [0, 0.1) is 5.82 Å². The monoisotopic (exact) mass is 204 g/mol. The molecule has 0 atom stereocenters. The predicted octanol–water partition coefficient (Wildman–Crippen LogP) is 1.77. The molecular weight excluding hydrogens is 195 g/mol. The van der Waals surface area contributed by atoms with Gasteiger partial charge in [0.2, 0.25) is 0 Å². The Bertz CT molecular complexity index is 459. The van der Waals surface area contributed by atoms with E-state index in [1.54, 1.807) is 18.3 Å². The first-order chi connectivity index (χ1) is 7.33. The van der Waals surface area contributed by atoms with Crippen molar-refractivity contribution in [3.8, 4) is 11.3 Å². The molecule has 0 aliphatic carbocycles. The van der Waals surface area contributed by atoms with Crippen LogP contribution in [-0.2, 0) is 6.61 Å². The summed E-state index contributed by atoms with van der Waals surface area (Å²) < 4.78 is 13.7. The van der Waals surface area contributed by atoms with Gasteiger partial charge in [0.25, 0.3) is 0 Å². The number of hydrogen-bond donors (Lipinski definition) is 1. The maximum absolute atomic E-state index is 13.7. The number of hydrogen-bond acceptors (Lipinski definition) is 3. The second-order valence-electron chi connectivity index (χ2n) is 3.03. The van der Waals surface area contributed by atoms with Gasteiger partial charge in [0.15, 0.2) is 5.82 Å². The Balaban J connectivity index is 2.54. The molecule has 0 unspecified atom stereocenters. The van der Waals surface area contributed by atoms with Crippen molar-refractivity contribution in [1.29, 1.82) is 0 Å². The average Bonchev–Trinajstić information content (AvgIpc) is 2.30. The lowest BCUT2D eigenvalue weighted by molar-refractivity contribution is 0.275. The molecule has 2 aromatic rings. The van der Waals surface area contributed by atoms with Gasteiger partial charge >= 0.3 is 0 Å². The van der Waals surface area contributed by atoms with E-state index in [9.17, 15) is 4.39 Å². The zero-order chi connectivity index (χ0) is 10.7. The third kappa shape index (κ3) is 1.85. The Kier molecular flexibility index (Phi) is 2.69. The quantitative estimate of drug-likeness (QED) is 0.810. The Labute approximate surface area is 86.3 Å². The lowest BCUT2D eigenvalue weighted by Crippen LogP contribution is -1.96. The Morgan fingerprint density at radius 2 is 2.13 bits per heavy atom. The summed E-state index contributed by atoms with van der Waals surface area (Å²) in [5.74, 6) is -0.493. The van der Waals surface area contributed by atoms with Gasteiger partial charge in [-0.25, -0.2) is 4.39 Å². The van der Waals surface area contributed by atoms with Gasteiger partial charge in [-0.05, 0) is 18.2 Å². The number of aliphatic hydroxyl groups is 1. The molecule has 0 saturated heterocycles. The summed E-state index contributed by atoms with van der Waals surface area (Å²) in [7, 11) is 0. The molecule has 0 saturated carbocycles. The normalized spacial score (nSPS) is 10.3. The van der Waals surface area contributed by atoms with Crippen LogP contribution in [0.15, 0.2) is 36.8 Å². The van der Waals surface area contributed by atoms with Crippen molar-refractivity contribution in [2.24, 2.45) is 0 Å². The second-order valence-corrected chi connectivity index (χ2v) is 3.03. The number of halogens is 1. The van der Waals surface area contributed by atoms with Crippen molar-refractivity contribution in [1.82, 2.24) is 9.97 Å². The van der Waals surface area contributed by atoms with Crippen molar-refractivity contribution in [3.05, 3.63) is 48.2 Å². The molecule has 1 N–H and O–H groups in total. The molecule has 0 radical (unpaired) electrons. The van der Waals surface area contributed by atoms with Gasteiger partial charge in [-0.3, -0.25) is 9.97 Å². The van der Waals surface area contributed by atoms with E-state index in [0.717, 1.165) is 0 Å². The highest BCUT2D eigenvalue weighted by Crippen LogP contribution is 2.21. The van der Waals surface area contributed by atoms with Gasteiger partial charge in [0, 0.05) is 29.7 Å². The van der Waals surface area contributed by atoms with Crippen LogP contribution in [0.25, 0.3) is 11.3 Å². The smallest absolute Gasteiger partial charge is 0.155 e. The Morgan fingerprint density at radius 1 is 1.27 bits per heavy atom. The topological polar surface area (TPSA) is 46.0 Å². The summed E-state index contributed by atoms with van der Waals surface area (Å²) in [6.07, 6.45) is 4.61. The maximum atomic E-state index is 13.7. The molecule has 0 bridgehead atoms. The largest absolute Gasteiger partial charge is 0.392 e. The van der Waals surface area contributed by atoms with E-state index in [1.807, 2.05) is 0 Å². The van der Waals surface area contributed by atoms with E-state index >= 15 is 0 Å². The van der Waals surface area contributed by atoms with Gasteiger partial charge in [0.1, 0.15) is 5.69 Å². The standard InChI is InChI=1S/C11H9FN2O/c12-10-9(7-15)3-5-14-11(10)8-2-1-4-13-6-8/h1-6,15H,7H2. The number of nitrogens with zero attached hydrogens (tertiary/aromatic N) is 2. The van der Waals surface area contributed by atoms with E-state index in [1.165, 1.54) is 18.5 Å². The summed E-state index contributed by atoms with van der Waals surface area (Å²) >= 11 is 0. The minimum atomic E-state index is -0.493. The highest BCUT2D eigenvalue weighted by molar-refractivity contribution is 5.59. The molecular formula is C11H9FN2O. The van der Waals surface area contributed by atoms with Crippen molar-refractivity contribution in [2.75, 3.05) is 0 Å². The van der Waals surface area contributed by atoms with Crippen LogP contribution in [0.1, 0.15) is 5.56 Å². The number of aliphatic hydroxyl groups excluding tert-OH is 1. The van der Waals surface area contributed by atoms with Crippen molar-refractivity contribution < 1.29 is 9.50 Å². The van der Waals surface area contributed by atoms with E-state index in [-0.39, 0.29) is 17.9 Å². The maximum Gasteiger partial charge on any atom is 0.155 e. The van der Waals surface area contributed by atoms with Gasteiger partial charge in [-0.2, -0.15) is 0 Å². The van der Waals surface area contributed by atoms with Crippen LogP contribution < -0.4 is 0 Å². The molecule has 2 heterocycles. The van der Waals surface area contributed by atoms with Crippen LogP contribution in [0.4, 0.5) is 4.39 Å². The first-order valence-electron chi connectivity index (χ1n) is 4.47. The van der Waals surface area contributed by atoms with Crippen LogP contribution in [0.3, 0.4) is 0 Å². The van der Waals surface area contributed by atoms with Gasteiger partial charge < -0.3 is 5.11 Å². The third-order valence-corrected chi connectivity index (χ3v) is 2.07. The van der Waals surface area contributed by atoms with Gasteiger partial charge in [-0.1, -0.05) is 0 Å². The zero-order valence-electron chi connectivity index (χ0n) is 7.89. The fourth-order valence-corrected chi connectivity index (χ4v) is 1.31. The summed E-state index contributed by atoms with van der Waals surface area (Å²) in [4.78, 5) is 7.82. The molecule has 4 heteroatoms. The molecule has 3 nitrogen and oxygen atoms in total. The predicted molar refractivity (Wildman–Crippen MR) is 53.3 cm³/mol. The summed E-state index contributed by atoms with van der Waals surface area (Å²) in [6.45, 7) is -0.332. The van der Waals surface area contributed by atoms with E-state index < -0.39 is 5.82 Å². The summed E-state index contributed by atoms with van der Waals surface area (Å²) in [5.41, 5.74) is 1.06. The molecule has 0 aromatic carbocycles. The highest BCUT2D eigenvalue weighted by atomic mass is 19.1. The van der Waals surface area contributed by atoms with E-state index in [0.29, 0.717) is 5.56 Å². The molecule has 76 valence electrons. The van der Waals surface area contributed by atoms with Crippen LogP contribution in [-0.4, -0.2) is 15.1 Å². The lowest BCUT2D eigenvalue weighted by Gasteiger charge is -2.04. The Hall–Kier alpha value is -1.81. The van der Waals surface area contributed by atoms with Crippen molar-refractivity contribution >= 4 is 0 Å². The average molecular weight is 204 g/mol. The van der Waals surface area contributed by atoms with Gasteiger partial charge in [0.05, 0.1) is 6.61 Å². The summed E-state index contributed by atoms with van der Waals surface area (Å²) in [6, 6.07) is 4.89. The Morgan fingerprint density at radius 3 is 2.80 bits per heavy atom. The molecule has 2 aromatic heterocycles. The van der Waals surface area contributed by atoms with Crippen molar-refractivity contribution in [2.45, 2.75) is 6.61 Å². The highest BCUT2D eigenvalue weighted by Gasteiger charge is 2.10. The number of pyridine rings is 2. The van der Waals surface area contributed by atoms with Crippen molar-refractivity contribution in [3.63, 3.8) is 0 Å². The first-order valence-corrected chi connectivity index (χ1v) is 4.47. The molecule has 0 aliphatic rings. The minimum absolute atomic E-state index is 0.217. The molecule has 0 aliphatic heterocycles.